The molecule has 0 saturated heterocycles. The third kappa shape index (κ3) is 4.34. The summed E-state index contributed by atoms with van der Waals surface area (Å²) in [6, 6.07) is 57.3. The Balaban J connectivity index is 0.00000300. The van der Waals surface area contributed by atoms with Gasteiger partial charge in [0.05, 0.1) is 22.1 Å². The summed E-state index contributed by atoms with van der Waals surface area (Å²) in [5.41, 5.74) is 11.3. The van der Waals surface area contributed by atoms with E-state index in [0.717, 1.165) is 28.2 Å². The second-order valence-electron chi connectivity index (χ2n) is 11.2. The van der Waals surface area contributed by atoms with Gasteiger partial charge in [0.1, 0.15) is 0 Å². The summed E-state index contributed by atoms with van der Waals surface area (Å²) in [6.07, 6.45) is 1.83. The van der Waals surface area contributed by atoms with E-state index in [1.165, 1.54) is 49.2 Å². The van der Waals surface area contributed by atoms with Gasteiger partial charge < -0.3 is 14.1 Å². The molecule has 3 heterocycles. The molecule has 6 aromatic carbocycles. The van der Waals surface area contributed by atoms with Gasteiger partial charge in [0.25, 0.3) is 0 Å². The Kier molecular flexibility index (Phi) is 6.68. The number of fused-ring (bicyclic) bond motifs is 7. The largest absolute Gasteiger partial charge is 0.307 e. The van der Waals surface area contributed by atoms with Crippen molar-refractivity contribution < 1.29 is 20.1 Å². The van der Waals surface area contributed by atoms with E-state index >= 15 is 0 Å². The van der Waals surface area contributed by atoms with Crippen LogP contribution in [0.1, 0.15) is 0 Å². The van der Waals surface area contributed by atoms with E-state index in [9.17, 15) is 0 Å². The van der Waals surface area contributed by atoms with Gasteiger partial charge in [-0.25, -0.2) is 0 Å². The fraction of sp³-hybridized carbons (Fsp3) is 0. The van der Waals surface area contributed by atoms with E-state index in [0.29, 0.717) is 0 Å². The Bertz CT molecular complexity index is 2480. The van der Waals surface area contributed by atoms with E-state index < -0.39 is 0 Å². The van der Waals surface area contributed by atoms with Crippen LogP contribution in [0.5, 0.6) is 0 Å². The van der Waals surface area contributed by atoms with Gasteiger partial charge in [0, 0.05) is 59.2 Å². The molecule has 1 radical (unpaired) electrons. The molecule has 0 fully saturated rings. The Labute approximate surface area is 274 Å². The molecule has 0 atom stereocenters. The smallest absolute Gasteiger partial charge is 0.0788 e. The van der Waals surface area contributed by atoms with E-state index in [1.807, 2.05) is 30.5 Å². The Hall–Kier alpha value is -5.28. The standard InChI is InChI=1S/C41H26N3.Ir/c1-3-14-31(15-4-1)43-38-20-8-7-18-33(38)34-22-23-35-36-27-29(28-12-11-13-30(26-28)37-19-9-10-25-42-37)21-24-39(36)44(41(35)40(34)43)32-16-5-2-6-17-32;/h1-12,14-27H;/q-1;. The van der Waals surface area contributed by atoms with Crippen LogP contribution in [-0.2, 0) is 20.1 Å². The minimum Gasteiger partial charge on any atom is -0.307 e. The molecule has 215 valence electrons. The number of benzene rings is 6. The number of pyridine rings is 1. The molecule has 0 saturated carbocycles. The van der Waals surface area contributed by atoms with Crippen molar-refractivity contribution in [2.75, 3.05) is 0 Å². The zero-order valence-corrected chi connectivity index (χ0v) is 26.6. The molecule has 4 heteroatoms. The van der Waals surface area contributed by atoms with Crippen molar-refractivity contribution in [1.82, 2.24) is 14.1 Å². The molecular weight excluding hydrogens is 727 g/mol. The zero-order chi connectivity index (χ0) is 29.0. The van der Waals surface area contributed by atoms with Crippen molar-refractivity contribution in [2.24, 2.45) is 0 Å². The summed E-state index contributed by atoms with van der Waals surface area (Å²) >= 11 is 0. The van der Waals surface area contributed by atoms with Gasteiger partial charge in [-0.15, -0.1) is 35.4 Å². The van der Waals surface area contributed by atoms with E-state index in [2.05, 4.69) is 148 Å². The predicted molar refractivity (Wildman–Crippen MR) is 183 cm³/mol. The van der Waals surface area contributed by atoms with Crippen LogP contribution in [0.3, 0.4) is 0 Å². The Morgan fingerprint density at radius 3 is 1.76 bits per heavy atom. The maximum Gasteiger partial charge on any atom is 0.0788 e. The molecule has 0 N–H and O–H groups in total. The van der Waals surface area contributed by atoms with Crippen molar-refractivity contribution in [3.8, 4) is 33.8 Å². The number of hydrogen-bond donors (Lipinski definition) is 0. The first-order chi connectivity index (χ1) is 21.8. The second-order valence-corrected chi connectivity index (χ2v) is 11.2. The maximum atomic E-state index is 4.55. The number of aromatic nitrogens is 3. The van der Waals surface area contributed by atoms with Gasteiger partial charge in [-0.3, -0.25) is 0 Å². The van der Waals surface area contributed by atoms with Crippen LogP contribution < -0.4 is 0 Å². The summed E-state index contributed by atoms with van der Waals surface area (Å²) in [5.74, 6) is 0. The number of hydrogen-bond acceptors (Lipinski definition) is 1. The number of rotatable bonds is 4. The number of para-hydroxylation sites is 3. The summed E-state index contributed by atoms with van der Waals surface area (Å²) in [7, 11) is 0. The normalized spacial score (nSPS) is 11.4. The molecule has 3 nitrogen and oxygen atoms in total. The monoisotopic (exact) mass is 753 g/mol. The van der Waals surface area contributed by atoms with Crippen LogP contribution in [0, 0.1) is 6.07 Å². The van der Waals surface area contributed by atoms with Gasteiger partial charge >= 0.3 is 0 Å². The zero-order valence-electron chi connectivity index (χ0n) is 24.2. The van der Waals surface area contributed by atoms with Crippen LogP contribution in [0.25, 0.3) is 77.4 Å². The van der Waals surface area contributed by atoms with Crippen molar-refractivity contribution >= 4 is 43.6 Å². The van der Waals surface area contributed by atoms with Crippen LogP contribution in [0.4, 0.5) is 0 Å². The van der Waals surface area contributed by atoms with Crippen LogP contribution in [-0.4, -0.2) is 14.1 Å². The van der Waals surface area contributed by atoms with Crippen molar-refractivity contribution in [1.29, 1.82) is 0 Å². The average molecular weight is 753 g/mol. The van der Waals surface area contributed by atoms with E-state index in [4.69, 9.17) is 0 Å². The molecule has 0 bridgehead atoms. The van der Waals surface area contributed by atoms with Crippen LogP contribution >= 0.6 is 0 Å². The fourth-order valence-electron chi connectivity index (χ4n) is 6.74. The first-order valence-corrected chi connectivity index (χ1v) is 14.9. The SMILES string of the molecule is [Ir].[c-]1ccc(-c2ccc3c(c2)c2ccc4c5ccccc5n(-c5ccccc5)c4c2n3-c2ccccc2)cc1-c1ccccn1. The third-order valence-electron chi connectivity index (χ3n) is 8.67. The summed E-state index contributed by atoms with van der Waals surface area (Å²) < 4.78 is 4.87. The minimum atomic E-state index is 0. The Morgan fingerprint density at radius 1 is 0.467 bits per heavy atom. The van der Waals surface area contributed by atoms with Crippen LogP contribution in [0.2, 0.25) is 0 Å². The molecule has 9 rings (SSSR count). The molecule has 3 aromatic heterocycles. The molecular formula is C41H26IrN3-. The first-order valence-electron chi connectivity index (χ1n) is 14.9. The quantitative estimate of drug-likeness (QED) is 0.164. The van der Waals surface area contributed by atoms with Gasteiger partial charge in [0.15, 0.2) is 0 Å². The Morgan fingerprint density at radius 2 is 1.07 bits per heavy atom. The molecule has 9 aromatic rings. The fourth-order valence-corrected chi connectivity index (χ4v) is 6.74. The van der Waals surface area contributed by atoms with Crippen molar-refractivity contribution in [3.63, 3.8) is 0 Å². The van der Waals surface area contributed by atoms with Crippen LogP contribution in [0.15, 0.2) is 158 Å². The second kappa shape index (κ2) is 11.0. The topological polar surface area (TPSA) is 22.8 Å². The van der Waals surface area contributed by atoms with Crippen molar-refractivity contribution in [3.05, 3.63) is 164 Å². The average Bonchev–Trinajstić information content (AvgIpc) is 3.62. The molecule has 0 aliphatic carbocycles. The first kappa shape index (κ1) is 27.3. The van der Waals surface area contributed by atoms with Gasteiger partial charge in [-0.2, -0.15) is 0 Å². The molecule has 0 aliphatic heterocycles. The minimum absolute atomic E-state index is 0. The molecule has 0 unspecified atom stereocenters. The molecule has 45 heavy (non-hydrogen) atoms. The number of nitrogens with zero attached hydrogens (tertiary/aromatic N) is 3. The van der Waals surface area contributed by atoms with Gasteiger partial charge in [-0.05, 0) is 59.8 Å². The summed E-state index contributed by atoms with van der Waals surface area (Å²) in [4.78, 5) is 4.55. The summed E-state index contributed by atoms with van der Waals surface area (Å²) in [6.45, 7) is 0. The summed E-state index contributed by atoms with van der Waals surface area (Å²) in [5, 5.41) is 4.95. The van der Waals surface area contributed by atoms with E-state index in [-0.39, 0.29) is 20.1 Å². The van der Waals surface area contributed by atoms with Gasteiger partial charge in [0.2, 0.25) is 0 Å². The molecule has 0 amide bonds. The van der Waals surface area contributed by atoms with Gasteiger partial charge in [-0.1, -0.05) is 84.9 Å². The van der Waals surface area contributed by atoms with E-state index in [1.54, 1.807) is 0 Å². The van der Waals surface area contributed by atoms with Crippen molar-refractivity contribution in [2.45, 2.75) is 0 Å². The molecule has 0 aliphatic rings. The maximum absolute atomic E-state index is 4.55. The third-order valence-corrected chi connectivity index (χ3v) is 8.67. The predicted octanol–water partition coefficient (Wildman–Crippen LogP) is 10.4. The molecule has 0 spiro atoms.